The molecule has 0 aromatic heterocycles. The zero-order valence-corrected chi connectivity index (χ0v) is 10.8. The van der Waals surface area contributed by atoms with Crippen molar-refractivity contribution < 1.29 is 32.6 Å². The Balaban J connectivity index is 2.71. The van der Waals surface area contributed by atoms with Crippen molar-refractivity contribution in [2.75, 3.05) is 0 Å². The van der Waals surface area contributed by atoms with Crippen molar-refractivity contribution in [2.24, 2.45) is 5.73 Å². The lowest BCUT2D eigenvalue weighted by molar-refractivity contribution is -0.127. The van der Waals surface area contributed by atoms with Crippen molar-refractivity contribution in [1.29, 1.82) is 0 Å². The third-order valence-corrected chi connectivity index (χ3v) is 2.19. The minimum atomic E-state index is -3.03. The SMILES string of the molecule is C[C@@H](OC(=O)c1cccc(OC(F)F)c1)C(=O)NC(N)=O. The van der Waals surface area contributed by atoms with E-state index in [1.165, 1.54) is 25.1 Å². The van der Waals surface area contributed by atoms with E-state index in [4.69, 9.17) is 10.5 Å². The van der Waals surface area contributed by atoms with E-state index in [2.05, 4.69) is 4.74 Å². The van der Waals surface area contributed by atoms with Crippen molar-refractivity contribution in [3.63, 3.8) is 0 Å². The minimum Gasteiger partial charge on any atom is -0.449 e. The number of carbonyl (C=O) groups is 3. The highest BCUT2D eigenvalue weighted by Crippen LogP contribution is 2.17. The minimum absolute atomic E-state index is 0.0909. The number of nitrogens with two attached hydrogens (primary N) is 1. The highest BCUT2D eigenvalue weighted by atomic mass is 19.3. The number of alkyl halides is 2. The summed E-state index contributed by atoms with van der Waals surface area (Å²) in [5.74, 6) is -2.08. The summed E-state index contributed by atoms with van der Waals surface area (Å²) >= 11 is 0. The van der Waals surface area contributed by atoms with Crippen LogP contribution in [0.3, 0.4) is 0 Å². The average molecular weight is 302 g/mol. The zero-order chi connectivity index (χ0) is 16.0. The van der Waals surface area contributed by atoms with E-state index in [1.54, 1.807) is 5.32 Å². The summed E-state index contributed by atoms with van der Waals surface area (Å²) in [6.45, 7) is -1.81. The quantitative estimate of drug-likeness (QED) is 0.790. The molecule has 0 heterocycles. The number of urea groups is 1. The molecule has 1 rings (SSSR count). The number of amides is 3. The van der Waals surface area contributed by atoms with Gasteiger partial charge in [-0.15, -0.1) is 0 Å². The van der Waals surface area contributed by atoms with Gasteiger partial charge in [0.25, 0.3) is 5.91 Å². The number of carbonyl (C=O) groups excluding carboxylic acids is 3. The van der Waals surface area contributed by atoms with Crippen LogP contribution >= 0.6 is 0 Å². The van der Waals surface area contributed by atoms with Crippen LogP contribution in [0.2, 0.25) is 0 Å². The Morgan fingerprint density at radius 2 is 1.95 bits per heavy atom. The molecule has 0 fully saturated rings. The molecule has 0 aliphatic heterocycles. The molecule has 9 heteroatoms. The van der Waals surface area contributed by atoms with Crippen LogP contribution in [0.4, 0.5) is 13.6 Å². The van der Waals surface area contributed by atoms with Gasteiger partial charge < -0.3 is 15.2 Å². The topological polar surface area (TPSA) is 108 Å². The second-order valence-corrected chi connectivity index (χ2v) is 3.81. The molecule has 0 bridgehead atoms. The number of halogens is 2. The predicted molar refractivity (Wildman–Crippen MR) is 65.7 cm³/mol. The van der Waals surface area contributed by atoms with Gasteiger partial charge >= 0.3 is 18.6 Å². The largest absolute Gasteiger partial charge is 0.449 e. The Bertz CT molecular complexity index is 550. The van der Waals surface area contributed by atoms with E-state index in [0.717, 1.165) is 6.07 Å². The predicted octanol–water partition coefficient (Wildman–Crippen LogP) is 1.03. The number of rotatable bonds is 5. The van der Waals surface area contributed by atoms with Crippen LogP contribution in [-0.4, -0.2) is 30.6 Å². The Morgan fingerprint density at radius 3 is 2.52 bits per heavy atom. The van der Waals surface area contributed by atoms with Gasteiger partial charge in [-0.2, -0.15) is 8.78 Å². The monoisotopic (exact) mass is 302 g/mol. The summed E-state index contributed by atoms with van der Waals surface area (Å²) in [4.78, 5) is 33.5. The lowest BCUT2D eigenvalue weighted by Gasteiger charge is -2.12. The fourth-order valence-corrected chi connectivity index (χ4v) is 1.30. The smallest absolute Gasteiger partial charge is 0.387 e. The number of esters is 1. The highest BCUT2D eigenvalue weighted by molar-refractivity contribution is 5.98. The molecule has 7 nitrogen and oxygen atoms in total. The summed E-state index contributed by atoms with van der Waals surface area (Å²) in [7, 11) is 0. The van der Waals surface area contributed by atoms with Crippen molar-refractivity contribution in [1.82, 2.24) is 5.32 Å². The number of imide groups is 1. The number of primary amides is 1. The molecule has 0 spiro atoms. The first-order valence-corrected chi connectivity index (χ1v) is 5.65. The van der Waals surface area contributed by atoms with Gasteiger partial charge in [0.15, 0.2) is 6.10 Å². The van der Waals surface area contributed by atoms with Crippen LogP contribution < -0.4 is 15.8 Å². The summed E-state index contributed by atoms with van der Waals surface area (Å²) in [5, 5.41) is 1.74. The molecule has 1 aromatic carbocycles. The molecule has 0 saturated heterocycles. The molecule has 3 amide bonds. The number of hydrogen-bond acceptors (Lipinski definition) is 5. The van der Waals surface area contributed by atoms with Crippen LogP contribution in [0, 0.1) is 0 Å². The average Bonchev–Trinajstić information content (AvgIpc) is 2.37. The summed E-state index contributed by atoms with van der Waals surface area (Å²) < 4.78 is 33.0. The van der Waals surface area contributed by atoms with E-state index >= 15 is 0 Å². The molecular formula is C12H12F2N2O5. The Kier molecular flexibility index (Phi) is 5.58. The third kappa shape index (κ3) is 5.43. The molecule has 0 aliphatic rings. The first kappa shape index (κ1) is 16.3. The normalized spacial score (nSPS) is 11.6. The molecule has 3 N–H and O–H groups in total. The molecule has 0 aliphatic carbocycles. The second-order valence-electron chi connectivity index (χ2n) is 3.81. The number of benzene rings is 1. The first-order chi connectivity index (χ1) is 9.79. The molecular weight excluding hydrogens is 290 g/mol. The number of hydrogen-bond donors (Lipinski definition) is 2. The molecule has 0 unspecified atom stereocenters. The molecule has 1 aromatic rings. The van der Waals surface area contributed by atoms with Crippen molar-refractivity contribution in [3.8, 4) is 5.75 Å². The highest BCUT2D eigenvalue weighted by Gasteiger charge is 2.20. The standard InChI is InChI=1S/C12H12F2N2O5/c1-6(9(17)16-12(15)19)20-10(18)7-3-2-4-8(5-7)21-11(13)14/h2-6,11H,1H3,(H3,15,16,17,19)/t6-/m1/s1. The van der Waals surface area contributed by atoms with Gasteiger partial charge in [0.1, 0.15) is 5.75 Å². The number of ether oxygens (including phenoxy) is 2. The van der Waals surface area contributed by atoms with Crippen LogP contribution in [0.15, 0.2) is 24.3 Å². The van der Waals surface area contributed by atoms with Gasteiger partial charge in [-0.3, -0.25) is 10.1 Å². The Morgan fingerprint density at radius 1 is 1.29 bits per heavy atom. The summed E-state index contributed by atoms with van der Waals surface area (Å²) in [6.07, 6.45) is -1.29. The Labute approximate surface area is 118 Å². The maximum atomic E-state index is 12.1. The van der Waals surface area contributed by atoms with Crippen LogP contribution in [0.5, 0.6) is 5.75 Å². The van der Waals surface area contributed by atoms with Crippen molar-refractivity contribution in [3.05, 3.63) is 29.8 Å². The van der Waals surface area contributed by atoms with E-state index in [9.17, 15) is 23.2 Å². The lowest BCUT2D eigenvalue weighted by Crippen LogP contribution is -2.42. The van der Waals surface area contributed by atoms with Gasteiger partial charge in [-0.1, -0.05) is 6.07 Å². The molecule has 0 saturated carbocycles. The fourth-order valence-electron chi connectivity index (χ4n) is 1.30. The maximum absolute atomic E-state index is 12.1. The van der Waals surface area contributed by atoms with Crippen molar-refractivity contribution >= 4 is 17.9 Å². The molecule has 21 heavy (non-hydrogen) atoms. The van der Waals surface area contributed by atoms with Gasteiger partial charge in [-0.05, 0) is 25.1 Å². The van der Waals surface area contributed by atoms with Crippen LogP contribution in [-0.2, 0) is 9.53 Å². The van der Waals surface area contributed by atoms with Gasteiger partial charge in [-0.25, -0.2) is 9.59 Å². The lowest BCUT2D eigenvalue weighted by atomic mass is 10.2. The maximum Gasteiger partial charge on any atom is 0.387 e. The zero-order valence-electron chi connectivity index (χ0n) is 10.8. The van der Waals surface area contributed by atoms with Crippen molar-refractivity contribution in [2.45, 2.75) is 19.6 Å². The summed E-state index contributed by atoms with van der Waals surface area (Å²) in [6, 6.07) is 3.77. The summed E-state index contributed by atoms with van der Waals surface area (Å²) in [5.41, 5.74) is 4.65. The second kappa shape index (κ2) is 7.17. The molecule has 114 valence electrons. The van der Waals surface area contributed by atoms with Gasteiger partial charge in [0, 0.05) is 0 Å². The third-order valence-electron chi connectivity index (χ3n) is 2.19. The van der Waals surface area contributed by atoms with Crippen LogP contribution in [0.1, 0.15) is 17.3 Å². The fraction of sp³-hybridized carbons (Fsp3) is 0.250. The van der Waals surface area contributed by atoms with E-state index in [0.29, 0.717) is 0 Å². The molecule has 0 radical (unpaired) electrons. The van der Waals surface area contributed by atoms with E-state index in [1.807, 2.05) is 0 Å². The van der Waals surface area contributed by atoms with E-state index < -0.39 is 30.6 Å². The van der Waals surface area contributed by atoms with E-state index in [-0.39, 0.29) is 11.3 Å². The van der Waals surface area contributed by atoms with Crippen LogP contribution in [0.25, 0.3) is 0 Å². The number of nitrogens with one attached hydrogen (secondary N) is 1. The van der Waals surface area contributed by atoms with Gasteiger partial charge in [0.2, 0.25) is 0 Å². The van der Waals surface area contributed by atoms with Gasteiger partial charge in [0.05, 0.1) is 5.56 Å². The molecule has 1 atom stereocenters. The first-order valence-electron chi connectivity index (χ1n) is 5.65. The Hall–Kier alpha value is -2.71.